The smallest absolute Gasteiger partial charge is 0.143 e. The van der Waals surface area contributed by atoms with E-state index in [1.165, 1.54) is 19.3 Å². The molecule has 3 heteroatoms. The van der Waals surface area contributed by atoms with E-state index in [1.807, 2.05) is 12.1 Å². The molecule has 2 aromatic carbocycles. The number of aldehydes is 1. The topological polar surface area (TPSA) is 26.3 Å². The normalized spacial score (nSPS) is 12.8. The Morgan fingerprint density at radius 2 is 1.48 bits per heavy atom. The van der Waals surface area contributed by atoms with E-state index in [9.17, 15) is 9.18 Å². The summed E-state index contributed by atoms with van der Waals surface area (Å²) in [5.41, 5.74) is 3.95. The predicted molar refractivity (Wildman–Crippen MR) is 110 cm³/mol. The lowest BCUT2D eigenvalue weighted by Crippen LogP contribution is -2.17. The summed E-state index contributed by atoms with van der Waals surface area (Å²) in [5, 5.41) is 0. The zero-order valence-corrected chi connectivity index (χ0v) is 17.3. The van der Waals surface area contributed by atoms with E-state index >= 15 is 0 Å². The molecule has 0 aliphatic rings. The van der Waals surface area contributed by atoms with Crippen LogP contribution in [-0.4, -0.2) is 13.4 Å². The van der Waals surface area contributed by atoms with Gasteiger partial charge in [-0.1, -0.05) is 59.7 Å². The van der Waals surface area contributed by atoms with Gasteiger partial charge in [-0.2, -0.15) is 0 Å². The molecule has 0 bridgehead atoms. The Hall–Kier alpha value is -2.42. The Kier molecular flexibility index (Phi) is 5.94. The van der Waals surface area contributed by atoms with Crippen LogP contribution in [0.2, 0.25) is 0 Å². The molecule has 0 saturated heterocycles. The first-order valence-corrected chi connectivity index (χ1v) is 9.13. The van der Waals surface area contributed by atoms with Crippen molar-refractivity contribution in [3.05, 3.63) is 70.5 Å². The first kappa shape index (κ1) is 20.9. The molecule has 27 heavy (non-hydrogen) atoms. The highest BCUT2D eigenvalue weighted by atomic mass is 19.1. The van der Waals surface area contributed by atoms with E-state index in [4.69, 9.17) is 4.74 Å². The first-order chi connectivity index (χ1) is 12.5. The van der Waals surface area contributed by atoms with Gasteiger partial charge < -0.3 is 4.74 Å². The minimum Gasteiger partial charge on any atom is -0.497 e. The molecule has 0 atom stereocenters. The van der Waals surface area contributed by atoms with E-state index in [0.29, 0.717) is 23.2 Å². The van der Waals surface area contributed by atoms with Crippen molar-refractivity contribution in [1.82, 2.24) is 0 Å². The van der Waals surface area contributed by atoms with Crippen LogP contribution in [0, 0.1) is 5.82 Å². The minimum atomic E-state index is -0.416. The van der Waals surface area contributed by atoms with Crippen LogP contribution in [-0.2, 0) is 15.6 Å². The third kappa shape index (κ3) is 4.85. The Labute approximate surface area is 162 Å². The van der Waals surface area contributed by atoms with Gasteiger partial charge in [0.1, 0.15) is 17.9 Å². The van der Waals surface area contributed by atoms with Crippen LogP contribution in [0.15, 0.2) is 42.5 Å². The summed E-state index contributed by atoms with van der Waals surface area (Å²) in [6, 6.07) is 11.0. The van der Waals surface area contributed by atoms with Gasteiger partial charge in [-0.25, -0.2) is 4.39 Å². The molecule has 0 radical (unpaired) electrons. The number of allylic oxidation sites excluding steroid dienone is 1. The van der Waals surface area contributed by atoms with Gasteiger partial charge in [-0.05, 0) is 51.3 Å². The average Bonchev–Trinajstić information content (AvgIpc) is 2.58. The Morgan fingerprint density at radius 1 is 0.926 bits per heavy atom. The molecule has 0 unspecified atom stereocenters. The van der Waals surface area contributed by atoms with Crippen molar-refractivity contribution in [3.63, 3.8) is 0 Å². The van der Waals surface area contributed by atoms with Gasteiger partial charge in [0.15, 0.2) is 0 Å². The quantitative estimate of drug-likeness (QED) is 0.484. The molecule has 0 heterocycles. The highest BCUT2D eigenvalue weighted by molar-refractivity contribution is 5.90. The number of hydrogen-bond donors (Lipinski definition) is 0. The van der Waals surface area contributed by atoms with Crippen LogP contribution < -0.4 is 4.74 Å². The van der Waals surface area contributed by atoms with Gasteiger partial charge >= 0.3 is 0 Å². The molecule has 0 fully saturated rings. The average molecular weight is 368 g/mol. The second kappa shape index (κ2) is 7.67. The molecule has 0 aliphatic carbocycles. The van der Waals surface area contributed by atoms with Gasteiger partial charge in [0, 0.05) is 11.6 Å². The van der Waals surface area contributed by atoms with E-state index in [0.717, 1.165) is 16.7 Å². The summed E-state index contributed by atoms with van der Waals surface area (Å²) < 4.78 is 19.8. The fourth-order valence-electron chi connectivity index (χ4n) is 2.90. The highest BCUT2D eigenvalue weighted by Gasteiger charge is 2.22. The molecular formula is C24H29FO2. The number of methoxy groups -OCH3 is 1. The van der Waals surface area contributed by atoms with Gasteiger partial charge in [-0.15, -0.1) is 0 Å². The number of hydrogen-bond acceptors (Lipinski definition) is 2. The molecule has 0 spiro atoms. The molecule has 0 amide bonds. The third-order valence-corrected chi connectivity index (χ3v) is 4.68. The van der Waals surface area contributed by atoms with Crippen LogP contribution in [0.25, 0.3) is 5.57 Å². The van der Waals surface area contributed by atoms with Crippen molar-refractivity contribution < 1.29 is 13.9 Å². The van der Waals surface area contributed by atoms with E-state index in [1.54, 1.807) is 12.1 Å². The Balaban J connectivity index is 2.74. The van der Waals surface area contributed by atoms with Crippen molar-refractivity contribution in [1.29, 1.82) is 0 Å². The first-order valence-electron chi connectivity index (χ1n) is 9.13. The third-order valence-electron chi connectivity index (χ3n) is 4.68. The molecule has 2 aromatic rings. The summed E-state index contributed by atoms with van der Waals surface area (Å²) in [4.78, 5) is 11.3. The number of rotatable bonds is 4. The maximum absolute atomic E-state index is 14.7. The number of ether oxygens (including phenoxy) is 1. The summed E-state index contributed by atoms with van der Waals surface area (Å²) in [6.07, 6.45) is 2.14. The molecular weight excluding hydrogens is 339 g/mol. The van der Waals surface area contributed by atoms with E-state index in [-0.39, 0.29) is 10.8 Å². The van der Waals surface area contributed by atoms with Gasteiger partial charge in [0.05, 0.1) is 7.11 Å². The molecule has 0 N–H and O–H groups in total. The number of halogens is 1. The summed E-state index contributed by atoms with van der Waals surface area (Å²) in [6.45, 7) is 12.9. The van der Waals surface area contributed by atoms with Crippen LogP contribution in [0.1, 0.15) is 63.8 Å². The van der Waals surface area contributed by atoms with Crippen molar-refractivity contribution in [2.75, 3.05) is 7.11 Å². The minimum absolute atomic E-state index is 0.0687. The standard InChI is InChI=1S/C24H29FO2/c1-23(2,3)17-12-16(13-18(14-17)24(4,5)6)20(10-11-26)21-9-8-19(27-7)15-22(21)25/h8-15H,1-7H3/b20-10+. The lowest BCUT2D eigenvalue weighted by atomic mass is 9.78. The Morgan fingerprint density at radius 3 is 1.89 bits per heavy atom. The maximum Gasteiger partial charge on any atom is 0.143 e. The highest BCUT2D eigenvalue weighted by Crippen LogP contribution is 2.35. The lowest BCUT2D eigenvalue weighted by Gasteiger charge is -2.27. The lowest BCUT2D eigenvalue weighted by molar-refractivity contribution is -0.104. The number of carbonyl (C=O) groups excluding carboxylic acids is 1. The predicted octanol–water partition coefficient (Wildman–Crippen LogP) is 6.06. The van der Waals surface area contributed by atoms with Crippen LogP contribution in [0.4, 0.5) is 4.39 Å². The summed E-state index contributed by atoms with van der Waals surface area (Å²) in [7, 11) is 1.50. The van der Waals surface area contributed by atoms with E-state index in [2.05, 4.69) is 47.6 Å². The van der Waals surface area contributed by atoms with Crippen LogP contribution >= 0.6 is 0 Å². The number of benzene rings is 2. The summed E-state index contributed by atoms with van der Waals surface area (Å²) in [5.74, 6) is 0.0291. The largest absolute Gasteiger partial charge is 0.497 e. The fraction of sp³-hybridized carbons (Fsp3) is 0.375. The monoisotopic (exact) mass is 368 g/mol. The fourth-order valence-corrected chi connectivity index (χ4v) is 2.90. The van der Waals surface area contributed by atoms with Crippen LogP contribution in [0.3, 0.4) is 0 Å². The van der Waals surface area contributed by atoms with Crippen molar-refractivity contribution >= 4 is 11.9 Å². The zero-order chi connectivity index (χ0) is 20.4. The maximum atomic E-state index is 14.7. The molecule has 0 saturated carbocycles. The Bertz CT molecular complexity index is 833. The van der Waals surface area contributed by atoms with Crippen molar-refractivity contribution in [3.8, 4) is 5.75 Å². The number of carbonyl (C=O) groups is 1. The van der Waals surface area contributed by atoms with Gasteiger partial charge in [-0.3, -0.25) is 4.79 Å². The van der Waals surface area contributed by atoms with Crippen LogP contribution in [0.5, 0.6) is 5.75 Å². The SMILES string of the molecule is COc1ccc(/C(=C/C=O)c2cc(C(C)(C)C)cc(C(C)(C)C)c2)c(F)c1. The second-order valence-corrected chi connectivity index (χ2v) is 8.86. The molecule has 2 rings (SSSR count). The van der Waals surface area contributed by atoms with E-state index < -0.39 is 5.82 Å². The molecule has 2 nitrogen and oxygen atoms in total. The zero-order valence-electron chi connectivity index (χ0n) is 17.3. The molecule has 0 aliphatic heterocycles. The molecule has 144 valence electrons. The van der Waals surface area contributed by atoms with Crippen molar-refractivity contribution in [2.24, 2.45) is 0 Å². The molecule has 0 aromatic heterocycles. The van der Waals surface area contributed by atoms with Gasteiger partial charge in [0.2, 0.25) is 0 Å². The summed E-state index contributed by atoms with van der Waals surface area (Å²) >= 11 is 0. The second-order valence-electron chi connectivity index (χ2n) is 8.86. The van der Waals surface area contributed by atoms with Crippen molar-refractivity contribution in [2.45, 2.75) is 52.4 Å². The van der Waals surface area contributed by atoms with Gasteiger partial charge in [0.25, 0.3) is 0 Å².